The molecule has 16 heavy (non-hydrogen) atoms. The first-order valence-electron chi connectivity index (χ1n) is 5.42. The van der Waals surface area contributed by atoms with Gasteiger partial charge in [0, 0.05) is 6.04 Å². The lowest BCUT2D eigenvalue weighted by Crippen LogP contribution is -2.18. The topological polar surface area (TPSA) is 35.8 Å². The van der Waals surface area contributed by atoms with Crippen molar-refractivity contribution in [2.75, 3.05) is 5.32 Å². The van der Waals surface area contributed by atoms with Crippen LogP contribution in [-0.4, -0.2) is 6.04 Å². The van der Waals surface area contributed by atoms with Crippen LogP contribution in [0.2, 0.25) is 5.02 Å². The van der Waals surface area contributed by atoms with Gasteiger partial charge in [0.05, 0.1) is 22.3 Å². The normalized spacial score (nSPS) is 19.1. The summed E-state index contributed by atoms with van der Waals surface area (Å²) in [5.74, 6) is 0. The monoisotopic (exact) mass is 232 g/mol. The molecule has 0 saturated carbocycles. The molecular formula is C13H13ClN2. The fraction of sp³-hybridized carbons (Fsp3) is 0.308. The Morgan fingerprint density at radius 2 is 2.31 bits per heavy atom. The molecular weight excluding hydrogens is 220 g/mol. The first-order chi connectivity index (χ1) is 7.79. The van der Waals surface area contributed by atoms with E-state index in [1.54, 1.807) is 12.1 Å². The molecule has 1 aromatic carbocycles. The van der Waals surface area contributed by atoms with Gasteiger partial charge in [0.15, 0.2) is 0 Å². The van der Waals surface area contributed by atoms with Crippen molar-refractivity contribution in [2.24, 2.45) is 0 Å². The number of benzene rings is 1. The Bertz CT molecular complexity index is 446. The molecule has 3 heteroatoms. The van der Waals surface area contributed by atoms with Gasteiger partial charge >= 0.3 is 0 Å². The maximum absolute atomic E-state index is 8.73. The average molecular weight is 233 g/mol. The Labute approximate surface area is 101 Å². The zero-order valence-corrected chi connectivity index (χ0v) is 9.67. The summed E-state index contributed by atoms with van der Waals surface area (Å²) in [6.45, 7) is 0. The second-order valence-corrected chi connectivity index (χ2v) is 4.32. The molecule has 2 rings (SSSR count). The fourth-order valence-corrected chi connectivity index (χ4v) is 2.07. The van der Waals surface area contributed by atoms with Gasteiger partial charge in [-0.3, -0.25) is 0 Å². The quantitative estimate of drug-likeness (QED) is 0.789. The van der Waals surface area contributed by atoms with Crippen molar-refractivity contribution >= 4 is 17.3 Å². The number of hydrogen-bond donors (Lipinski definition) is 1. The van der Waals surface area contributed by atoms with Crippen LogP contribution in [0.4, 0.5) is 5.69 Å². The second-order valence-electron chi connectivity index (χ2n) is 3.92. The molecule has 1 N–H and O–H groups in total. The SMILES string of the molecule is N#Cc1ccc(NC2C=CCCC2)c(Cl)c1. The highest BCUT2D eigenvalue weighted by molar-refractivity contribution is 6.33. The number of hydrogen-bond acceptors (Lipinski definition) is 2. The number of nitriles is 1. The Hall–Kier alpha value is -1.46. The lowest BCUT2D eigenvalue weighted by atomic mass is 10.0. The van der Waals surface area contributed by atoms with Gasteiger partial charge in [-0.2, -0.15) is 5.26 Å². The van der Waals surface area contributed by atoms with Gasteiger partial charge in [-0.1, -0.05) is 23.8 Å². The van der Waals surface area contributed by atoms with Gasteiger partial charge in [-0.05, 0) is 37.5 Å². The van der Waals surface area contributed by atoms with Gasteiger partial charge in [0.2, 0.25) is 0 Å². The van der Waals surface area contributed by atoms with Crippen LogP contribution in [0.5, 0.6) is 0 Å². The van der Waals surface area contributed by atoms with Crippen LogP contribution in [0.1, 0.15) is 24.8 Å². The van der Waals surface area contributed by atoms with Gasteiger partial charge in [-0.15, -0.1) is 0 Å². The van der Waals surface area contributed by atoms with Crippen molar-refractivity contribution in [1.82, 2.24) is 0 Å². The van der Waals surface area contributed by atoms with E-state index >= 15 is 0 Å². The molecule has 1 unspecified atom stereocenters. The zero-order valence-electron chi connectivity index (χ0n) is 8.91. The molecule has 0 radical (unpaired) electrons. The summed E-state index contributed by atoms with van der Waals surface area (Å²) in [5.41, 5.74) is 1.49. The van der Waals surface area contributed by atoms with Crippen molar-refractivity contribution in [3.8, 4) is 6.07 Å². The van der Waals surface area contributed by atoms with Crippen LogP contribution in [0, 0.1) is 11.3 Å². The third-order valence-electron chi connectivity index (χ3n) is 2.69. The van der Waals surface area contributed by atoms with Gasteiger partial charge in [-0.25, -0.2) is 0 Å². The van der Waals surface area contributed by atoms with E-state index in [1.807, 2.05) is 6.07 Å². The third kappa shape index (κ3) is 2.56. The highest BCUT2D eigenvalue weighted by atomic mass is 35.5. The van der Waals surface area contributed by atoms with Crippen molar-refractivity contribution in [1.29, 1.82) is 5.26 Å². The third-order valence-corrected chi connectivity index (χ3v) is 3.01. The number of nitrogens with one attached hydrogen (secondary N) is 1. The van der Waals surface area contributed by atoms with Crippen molar-refractivity contribution in [3.63, 3.8) is 0 Å². The predicted molar refractivity (Wildman–Crippen MR) is 66.6 cm³/mol. The van der Waals surface area contributed by atoms with E-state index in [0.29, 0.717) is 16.6 Å². The molecule has 1 aliphatic carbocycles. The minimum atomic E-state index is 0.360. The van der Waals surface area contributed by atoms with E-state index in [9.17, 15) is 0 Å². The summed E-state index contributed by atoms with van der Waals surface area (Å²) in [6, 6.07) is 7.77. The lowest BCUT2D eigenvalue weighted by Gasteiger charge is -2.19. The van der Waals surface area contributed by atoms with Gasteiger partial charge in [0.25, 0.3) is 0 Å². The summed E-state index contributed by atoms with van der Waals surface area (Å²) in [7, 11) is 0. The maximum atomic E-state index is 8.73. The average Bonchev–Trinajstić information content (AvgIpc) is 2.33. The first kappa shape index (κ1) is 11.0. The van der Waals surface area contributed by atoms with Gasteiger partial charge in [0.1, 0.15) is 0 Å². The fourth-order valence-electron chi connectivity index (χ4n) is 1.83. The number of allylic oxidation sites excluding steroid dienone is 1. The molecule has 0 fully saturated rings. The highest BCUT2D eigenvalue weighted by Gasteiger charge is 2.09. The Morgan fingerprint density at radius 1 is 1.44 bits per heavy atom. The minimum absolute atomic E-state index is 0.360. The summed E-state index contributed by atoms with van der Waals surface area (Å²) >= 11 is 6.09. The first-order valence-corrected chi connectivity index (χ1v) is 5.80. The molecule has 0 aromatic heterocycles. The van der Waals surface area contributed by atoms with Crippen LogP contribution in [0.15, 0.2) is 30.4 Å². The molecule has 2 nitrogen and oxygen atoms in total. The predicted octanol–water partition coefficient (Wildman–Crippen LogP) is 3.73. The molecule has 0 amide bonds. The Kier molecular flexibility index (Phi) is 3.48. The molecule has 0 spiro atoms. The summed E-state index contributed by atoms with van der Waals surface area (Å²) in [5, 5.41) is 12.7. The van der Waals surface area contributed by atoms with E-state index in [-0.39, 0.29) is 0 Å². The van der Waals surface area contributed by atoms with E-state index < -0.39 is 0 Å². The van der Waals surface area contributed by atoms with E-state index in [0.717, 1.165) is 12.1 Å². The largest absolute Gasteiger partial charge is 0.378 e. The maximum Gasteiger partial charge on any atom is 0.0992 e. The summed E-state index contributed by atoms with van der Waals surface area (Å²) < 4.78 is 0. The Balaban J connectivity index is 2.12. The standard InChI is InChI=1S/C13H13ClN2/c14-12-8-10(9-15)6-7-13(12)16-11-4-2-1-3-5-11/h2,4,6-8,11,16H,1,3,5H2. The number of nitrogens with zero attached hydrogens (tertiary/aromatic N) is 1. The van der Waals surface area contributed by atoms with Crippen LogP contribution in [-0.2, 0) is 0 Å². The summed E-state index contributed by atoms with van der Waals surface area (Å²) in [6.07, 6.45) is 7.88. The van der Waals surface area contributed by atoms with E-state index in [1.165, 1.54) is 12.8 Å². The molecule has 0 aliphatic heterocycles. The minimum Gasteiger partial charge on any atom is -0.378 e. The van der Waals surface area contributed by atoms with Crippen LogP contribution in [0.25, 0.3) is 0 Å². The van der Waals surface area contributed by atoms with Crippen LogP contribution in [0.3, 0.4) is 0 Å². The number of anilines is 1. The molecule has 0 bridgehead atoms. The lowest BCUT2D eigenvalue weighted by molar-refractivity contribution is 0.674. The molecule has 1 aliphatic rings. The zero-order chi connectivity index (χ0) is 11.4. The molecule has 0 heterocycles. The van der Waals surface area contributed by atoms with Crippen LogP contribution < -0.4 is 5.32 Å². The highest BCUT2D eigenvalue weighted by Crippen LogP contribution is 2.25. The van der Waals surface area contributed by atoms with Gasteiger partial charge < -0.3 is 5.32 Å². The van der Waals surface area contributed by atoms with Crippen LogP contribution >= 0.6 is 11.6 Å². The van der Waals surface area contributed by atoms with Crippen molar-refractivity contribution < 1.29 is 0 Å². The number of halogens is 1. The molecule has 1 aromatic rings. The number of rotatable bonds is 2. The van der Waals surface area contributed by atoms with E-state index in [2.05, 4.69) is 23.5 Å². The van der Waals surface area contributed by atoms with E-state index in [4.69, 9.17) is 16.9 Å². The molecule has 82 valence electrons. The summed E-state index contributed by atoms with van der Waals surface area (Å²) in [4.78, 5) is 0. The second kappa shape index (κ2) is 5.05. The Morgan fingerprint density at radius 3 is 2.94 bits per heavy atom. The smallest absolute Gasteiger partial charge is 0.0992 e. The molecule has 0 saturated heterocycles. The van der Waals surface area contributed by atoms with Crippen molar-refractivity contribution in [3.05, 3.63) is 40.9 Å². The van der Waals surface area contributed by atoms with Crippen molar-refractivity contribution in [2.45, 2.75) is 25.3 Å². The molecule has 1 atom stereocenters.